The molecule has 1 aromatic carbocycles. The molecular formula is C19H27BrN4O3. The maximum Gasteiger partial charge on any atom is 0.308 e. The summed E-state index contributed by atoms with van der Waals surface area (Å²) in [5, 5.41) is 6.16. The van der Waals surface area contributed by atoms with Gasteiger partial charge in [-0.15, -0.1) is 0 Å². The van der Waals surface area contributed by atoms with Gasteiger partial charge in [0.25, 0.3) is 0 Å². The molecule has 1 aliphatic rings. The zero-order valence-corrected chi connectivity index (χ0v) is 17.6. The molecule has 1 amide bonds. The van der Waals surface area contributed by atoms with E-state index in [9.17, 15) is 9.59 Å². The number of rotatable bonds is 5. The fraction of sp³-hybridized carbons (Fsp3) is 0.526. The van der Waals surface area contributed by atoms with Crippen LogP contribution in [-0.4, -0.2) is 56.5 Å². The first kappa shape index (κ1) is 21.2. The Hall–Kier alpha value is -2.09. The van der Waals surface area contributed by atoms with Crippen molar-refractivity contribution in [2.45, 2.75) is 26.2 Å². The minimum absolute atomic E-state index is 0.0384. The molecule has 1 heterocycles. The molecule has 7 nitrogen and oxygen atoms in total. The number of aliphatic imine (C=N–C) groups is 1. The molecule has 1 saturated heterocycles. The predicted octanol–water partition coefficient (Wildman–Crippen LogP) is 2.55. The number of carbonyl (C=O) groups is 2. The number of aryl methyl sites for hydroxylation is 1. The van der Waals surface area contributed by atoms with Crippen LogP contribution in [0.15, 0.2) is 27.7 Å². The van der Waals surface area contributed by atoms with Gasteiger partial charge >= 0.3 is 5.97 Å². The van der Waals surface area contributed by atoms with Gasteiger partial charge in [0, 0.05) is 43.3 Å². The number of benzene rings is 1. The lowest BCUT2D eigenvalue weighted by Gasteiger charge is -2.33. The van der Waals surface area contributed by atoms with Crippen LogP contribution in [0.5, 0.6) is 0 Å². The standard InChI is InChI=1S/C19H27BrN4O3/c1-13-4-5-15(20)12-16(13)23-17(25)6-9-22-19(21-2)24-10-7-14(8-11-24)18(26)27-3/h4-5,12,14H,6-11H2,1-3H3,(H,21,22)(H,23,25). The Labute approximate surface area is 168 Å². The number of guanidine groups is 1. The maximum absolute atomic E-state index is 12.2. The lowest BCUT2D eigenvalue weighted by molar-refractivity contribution is -0.146. The maximum atomic E-state index is 12.2. The fourth-order valence-corrected chi connectivity index (χ4v) is 3.42. The SMILES string of the molecule is CN=C(NCCC(=O)Nc1cc(Br)ccc1C)N1CCC(C(=O)OC)CC1. The van der Waals surface area contributed by atoms with Crippen LogP contribution in [0.4, 0.5) is 5.69 Å². The normalized spacial score (nSPS) is 15.4. The number of amides is 1. The molecule has 0 aromatic heterocycles. The lowest BCUT2D eigenvalue weighted by atomic mass is 9.97. The van der Waals surface area contributed by atoms with Crippen molar-refractivity contribution in [2.75, 3.05) is 39.1 Å². The van der Waals surface area contributed by atoms with E-state index in [0.29, 0.717) is 13.0 Å². The number of anilines is 1. The Balaban J connectivity index is 1.77. The van der Waals surface area contributed by atoms with Crippen molar-refractivity contribution in [3.63, 3.8) is 0 Å². The van der Waals surface area contributed by atoms with E-state index in [1.54, 1.807) is 7.05 Å². The van der Waals surface area contributed by atoms with Gasteiger partial charge in [0.05, 0.1) is 13.0 Å². The van der Waals surface area contributed by atoms with Gasteiger partial charge in [-0.25, -0.2) is 0 Å². The van der Waals surface area contributed by atoms with Gasteiger partial charge in [-0.05, 0) is 37.5 Å². The number of nitrogens with zero attached hydrogens (tertiary/aromatic N) is 2. The van der Waals surface area contributed by atoms with Gasteiger partial charge in [0.1, 0.15) is 0 Å². The van der Waals surface area contributed by atoms with E-state index in [1.807, 2.05) is 25.1 Å². The summed E-state index contributed by atoms with van der Waals surface area (Å²) in [5.41, 5.74) is 1.83. The van der Waals surface area contributed by atoms with Crippen LogP contribution in [-0.2, 0) is 14.3 Å². The third-order valence-electron chi connectivity index (χ3n) is 4.65. The molecule has 1 aromatic rings. The quantitative estimate of drug-likeness (QED) is 0.419. The number of piperidine rings is 1. The van der Waals surface area contributed by atoms with Crippen molar-refractivity contribution in [3.8, 4) is 0 Å². The van der Waals surface area contributed by atoms with E-state index in [0.717, 1.165) is 47.6 Å². The molecule has 0 radical (unpaired) electrons. The van der Waals surface area contributed by atoms with Crippen LogP contribution in [0, 0.1) is 12.8 Å². The highest BCUT2D eigenvalue weighted by atomic mass is 79.9. The Morgan fingerprint density at radius 3 is 2.67 bits per heavy atom. The Morgan fingerprint density at radius 2 is 2.04 bits per heavy atom. The van der Waals surface area contributed by atoms with E-state index in [4.69, 9.17) is 4.74 Å². The van der Waals surface area contributed by atoms with Crippen molar-refractivity contribution < 1.29 is 14.3 Å². The summed E-state index contributed by atoms with van der Waals surface area (Å²) in [6.07, 6.45) is 1.83. The summed E-state index contributed by atoms with van der Waals surface area (Å²) in [7, 11) is 3.15. The van der Waals surface area contributed by atoms with Crippen molar-refractivity contribution >= 4 is 39.5 Å². The Kier molecular flexibility index (Phi) is 8.09. The van der Waals surface area contributed by atoms with Crippen LogP contribution in [0.25, 0.3) is 0 Å². The minimum atomic E-state index is -0.142. The molecule has 1 aliphatic heterocycles. The molecule has 27 heavy (non-hydrogen) atoms. The average Bonchev–Trinajstić information content (AvgIpc) is 2.67. The lowest BCUT2D eigenvalue weighted by Crippen LogP contribution is -2.47. The number of halogens is 1. The highest BCUT2D eigenvalue weighted by Crippen LogP contribution is 2.21. The predicted molar refractivity (Wildman–Crippen MR) is 110 cm³/mol. The molecule has 2 N–H and O–H groups in total. The second-order valence-electron chi connectivity index (χ2n) is 6.52. The molecule has 0 bridgehead atoms. The summed E-state index contributed by atoms with van der Waals surface area (Å²) in [6, 6.07) is 5.79. The molecule has 0 aliphatic carbocycles. The van der Waals surface area contributed by atoms with E-state index >= 15 is 0 Å². The molecule has 0 spiro atoms. The summed E-state index contributed by atoms with van der Waals surface area (Å²) >= 11 is 3.42. The zero-order valence-electron chi connectivity index (χ0n) is 16.0. The van der Waals surface area contributed by atoms with E-state index < -0.39 is 0 Å². The zero-order chi connectivity index (χ0) is 19.8. The van der Waals surface area contributed by atoms with Crippen molar-refractivity contribution in [2.24, 2.45) is 10.9 Å². The van der Waals surface area contributed by atoms with Gasteiger partial charge in [0.2, 0.25) is 5.91 Å². The first-order chi connectivity index (χ1) is 12.9. The van der Waals surface area contributed by atoms with Gasteiger partial charge in [-0.3, -0.25) is 14.6 Å². The van der Waals surface area contributed by atoms with Crippen LogP contribution in [0.3, 0.4) is 0 Å². The fourth-order valence-electron chi connectivity index (χ4n) is 3.06. The Morgan fingerprint density at radius 1 is 1.33 bits per heavy atom. The largest absolute Gasteiger partial charge is 0.469 e. The number of carbonyl (C=O) groups excluding carboxylic acids is 2. The molecule has 0 saturated carbocycles. The first-order valence-corrected chi connectivity index (χ1v) is 9.83. The smallest absolute Gasteiger partial charge is 0.308 e. The third kappa shape index (κ3) is 6.23. The van der Waals surface area contributed by atoms with E-state index in [-0.39, 0.29) is 17.8 Å². The number of hydrogen-bond acceptors (Lipinski definition) is 4. The second kappa shape index (κ2) is 10.3. The summed E-state index contributed by atoms with van der Waals surface area (Å²) in [5.74, 6) is 0.522. The highest BCUT2D eigenvalue weighted by Gasteiger charge is 2.26. The highest BCUT2D eigenvalue weighted by molar-refractivity contribution is 9.10. The molecule has 0 atom stereocenters. The average molecular weight is 439 g/mol. The number of methoxy groups -OCH3 is 1. The number of likely N-dealkylation sites (tertiary alicyclic amines) is 1. The van der Waals surface area contributed by atoms with Crippen molar-refractivity contribution in [1.29, 1.82) is 0 Å². The molecule has 148 valence electrons. The number of nitrogens with one attached hydrogen (secondary N) is 2. The molecule has 2 rings (SSSR count). The van der Waals surface area contributed by atoms with Crippen LogP contribution < -0.4 is 10.6 Å². The Bertz CT molecular complexity index is 700. The molecular weight excluding hydrogens is 412 g/mol. The second-order valence-corrected chi connectivity index (χ2v) is 7.43. The first-order valence-electron chi connectivity index (χ1n) is 9.04. The van der Waals surface area contributed by atoms with Crippen LogP contribution >= 0.6 is 15.9 Å². The van der Waals surface area contributed by atoms with Crippen LogP contribution in [0.1, 0.15) is 24.8 Å². The van der Waals surface area contributed by atoms with E-state index in [1.165, 1.54) is 7.11 Å². The van der Waals surface area contributed by atoms with Crippen molar-refractivity contribution in [3.05, 3.63) is 28.2 Å². The molecule has 0 unspecified atom stereocenters. The molecule has 1 fully saturated rings. The summed E-state index contributed by atoms with van der Waals surface area (Å²) < 4.78 is 5.74. The number of esters is 1. The van der Waals surface area contributed by atoms with Gasteiger partial charge in [0.15, 0.2) is 5.96 Å². The summed E-state index contributed by atoms with van der Waals surface area (Å²) in [6.45, 7) is 3.92. The number of hydrogen-bond donors (Lipinski definition) is 2. The topological polar surface area (TPSA) is 83.0 Å². The van der Waals surface area contributed by atoms with E-state index in [2.05, 4.69) is 36.5 Å². The minimum Gasteiger partial charge on any atom is -0.469 e. The van der Waals surface area contributed by atoms with Gasteiger partial charge < -0.3 is 20.3 Å². The van der Waals surface area contributed by atoms with Crippen molar-refractivity contribution in [1.82, 2.24) is 10.2 Å². The number of ether oxygens (including phenoxy) is 1. The van der Waals surface area contributed by atoms with Crippen LogP contribution in [0.2, 0.25) is 0 Å². The third-order valence-corrected chi connectivity index (χ3v) is 5.14. The van der Waals surface area contributed by atoms with Gasteiger partial charge in [-0.1, -0.05) is 22.0 Å². The molecule has 8 heteroatoms. The van der Waals surface area contributed by atoms with Gasteiger partial charge in [-0.2, -0.15) is 0 Å². The summed E-state index contributed by atoms with van der Waals surface area (Å²) in [4.78, 5) is 30.2. The monoisotopic (exact) mass is 438 g/mol.